The molecule has 1 atom stereocenters. The minimum atomic E-state index is -1.60. The van der Waals surface area contributed by atoms with Crippen molar-refractivity contribution in [3.63, 3.8) is 0 Å². The lowest BCUT2D eigenvalue weighted by atomic mass is 10.1. The van der Waals surface area contributed by atoms with Crippen LogP contribution in [-0.4, -0.2) is 31.7 Å². The second-order valence-corrected chi connectivity index (χ2v) is 11.9. The molecule has 8 heteroatoms. The van der Waals surface area contributed by atoms with Gasteiger partial charge in [-0.2, -0.15) is 0 Å². The van der Waals surface area contributed by atoms with Gasteiger partial charge in [0.1, 0.15) is 13.8 Å². The number of carbonyl (C=O) groups is 1. The first kappa shape index (κ1) is 21.5. The third-order valence-corrected chi connectivity index (χ3v) is 4.35. The van der Waals surface area contributed by atoms with E-state index in [0.717, 1.165) is 12.8 Å². The van der Waals surface area contributed by atoms with Gasteiger partial charge in [-0.3, -0.25) is 10.1 Å². The maximum Gasteiger partial charge on any atom is 0.404 e. The number of nitrogens with two attached hydrogens (primary N) is 1. The molecule has 0 aliphatic heterocycles. The van der Waals surface area contributed by atoms with E-state index in [-0.39, 0.29) is 18.3 Å². The van der Waals surface area contributed by atoms with Crippen molar-refractivity contribution in [2.24, 2.45) is 5.73 Å². The second-order valence-electron chi connectivity index (χ2n) is 7.17. The summed E-state index contributed by atoms with van der Waals surface area (Å²) in [6, 6.07) is 4.95. The highest BCUT2D eigenvalue weighted by molar-refractivity contribution is 6.83. The van der Waals surface area contributed by atoms with Gasteiger partial charge in [0.05, 0.1) is 17.1 Å². The van der Waals surface area contributed by atoms with Crippen LogP contribution in [0.5, 0.6) is 0 Å². The van der Waals surface area contributed by atoms with Crippen LogP contribution in [0.1, 0.15) is 31.7 Å². The highest BCUT2D eigenvalue weighted by atomic mass is 28.3. The van der Waals surface area contributed by atoms with Gasteiger partial charge in [-0.05, 0) is 32.3 Å². The maximum atomic E-state index is 11.4. The van der Waals surface area contributed by atoms with Crippen LogP contribution in [-0.2, 0) is 4.74 Å². The molecular weight excluding hydrogens is 350 g/mol. The van der Waals surface area contributed by atoms with E-state index in [2.05, 4.69) is 36.4 Å². The average molecular weight is 378 g/mol. The molecule has 0 heterocycles. The zero-order valence-corrected chi connectivity index (χ0v) is 16.8. The summed E-state index contributed by atoms with van der Waals surface area (Å²) in [6.45, 7) is 8.62. The highest BCUT2D eigenvalue weighted by Gasteiger charge is 2.19. The first-order valence-electron chi connectivity index (χ1n) is 8.59. The fraction of sp³-hybridized carbons (Fsp3) is 0.500. The fourth-order valence-corrected chi connectivity index (χ4v) is 2.76. The molecule has 7 nitrogen and oxygen atoms in total. The number of nitrogens with one attached hydrogen (secondary N) is 1. The predicted octanol–water partition coefficient (Wildman–Crippen LogP) is 3.89. The lowest BCUT2D eigenvalue weighted by molar-refractivity contribution is -0.384. The number of benzene rings is 1. The standard InChI is InChI=1S/C18H27N3O4Si/c1-14(8-5-6-12-25-18(19)22)20-17-15(11-13-26(2,3)4)9-7-10-16(17)21(23)24/h7,9-10,14,20H,5-6,8,12H2,1-4H3,(H2,19,22)/t14-/m0/s1. The molecule has 0 unspecified atom stereocenters. The van der Waals surface area contributed by atoms with Crippen LogP contribution in [0.2, 0.25) is 19.6 Å². The molecule has 1 rings (SSSR count). The average Bonchev–Trinajstić information content (AvgIpc) is 2.52. The first-order chi connectivity index (χ1) is 12.1. The molecule has 0 aromatic heterocycles. The van der Waals surface area contributed by atoms with Gasteiger partial charge < -0.3 is 15.8 Å². The quantitative estimate of drug-likeness (QED) is 0.235. The van der Waals surface area contributed by atoms with E-state index in [1.165, 1.54) is 6.07 Å². The molecule has 142 valence electrons. The second kappa shape index (κ2) is 9.82. The molecule has 0 aliphatic carbocycles. The third-order valence-electron chi connectivity index (χ3n) is 3.48. The third kappa shape index (κ3) is 8.03. The van der Waals surface area contributed by atoms with E-state index in [0.29, 0.717) is 17.7 Å². The number of ether oxygens (including phenoxy) is 1. The lowest BCUT2D eigenvalue weighted by Gasteiger charge is -2.16. The molecule has 0 aliphatic rings. The topological polar surface area (TPSA) is 107 Å². The summed E-state index contributed by atoms with van der Waals surface area (Å²) in [5.41, 5.74) is 9.29. The summed E-state index contributed by atoms with van der Waals surface area (Å²) in [7, 11) is -1.60. The SMILES string of the molecule is C[C@@H](CCCCOC(N)=O)Nc1c(C#C[Si](C)(C)C)cccc1[N+](=O)[O-]. The molecule has 1 amide bonds. The van der Waals surface area contributed by atoms with Crippen LogP contribution in [0.25, 0.3) is 0 Å². The number of amides is 1. The first-order valence-corrected chi connectivity index (χ1v) is 12.1. The molecule has 0 saturated carbocycles. The van der Waals surface area contributed by atoms with Crippen LogP contribution in [0.15, 0.2) is 18.2 Å². The highest BCUT2D eigenvalue weighted by Crippen LogP contribution is 2.29. The Morgan fingerprint density at radius 1 is 1.38 bits per heavy atom. The van der Waals surface area contributed by atoms with Crippen molar-refractivity contribution in [1.29, 1.82) is 0 Å². The number of hydrogen-bond donors (Lipinski definition) is 2. The van der Waals surface area contributed by atoms with Gasteiger partial charge in [0.2, 0.25) is 0 Å². The molecular formula is C18H27N3O4Si. The largest absolute Gasteiger partial charge is 0.450 e. The Hall–Kier alpha value is -2.53. The van der Waals surface area contributed by atoms with Crippen LogP contribution >= 0.6 is 0 Å². The van der Waals surface area contributed by atoms with E-state index >= 15 is 0 Å². The molecule has 0 fully saturated rings. The number of nitro groups is 1. The van der Waals surface area contributed by atoms with Gasteiger partial charge in [0, 0.05) is 12.1 Å². The molecule has 3 N–H and O–H groups in total. The number of carbonyl (C=O) groups excluding carboxylic acids is 1. The van der Waals surface area contributed by atoms with Crippen LogP contribution in [0.4, 0.5) is 16.2 Å². The van der Waals surface area contributed by atoms with Gasteiger partial charge in [-0.25, -0.2) is 4.79 Å². The summed E-state index contributed by atoms with van der Waals surface area (Å²) in [6.07, 6.45) is 1.49. The van der Waals surface area contributed by atoms with Gasteiger partial charge in [-0.15, -0.1) is 5.54 Å². The molecule has 26 heavy (non-hydrogen) atoms. The Labute approximate surface area is 155 Å². The molecule has 0 saturated heterocycles. The van der Waals surface area contributed by atoms with E-state index in [9.17, 15) is 14.9 Å². The Morgan fingerprint density at radius 2 is 2.08 bits per heavy atom. The molecule has 0 bridgehead atoms. The monoisotopic (exact) mass is 377 g/mol. The van der Waals surface area contributed by atoms with Gasteiger partial charge in [-0.1, -0.05) is 31.6 Å². The maximum absolute atomic E-state index is 11.4. The predicted molar refractivity (Wildman–Crippen MR) is 106 cm³/mol. The zero-order chi connectivity index (χ0) is 19.7. The van der Waals surface area contributed by atoms with Gasteiger partial charge in [0.25, 0.3) is 5.69 Å². The number of nitrogens with zero attached hydrogens (tertiary/aromatic N) is 1. The minimum absolute atomic E-state index is 0.0112. The Balaban J connectivity index is 2.86. The molecule has 1 aromatic carbocycles. The summed E-state index contributed by atoms with van der Waals surface area (Å²) < 4.78 is 4.69. The summed E-state index contributed by atoms with van der Waals surface area (Å²) in [5.74, 6) is 3.12. The number of unbranched alkanes of at least 4 members (excludes halogenated alkanes) is 1. The van der Waals surface area contributed by atoms with Crippen molar-refractivity contribution in [2.75, 3.05) is 11.9 Å². The van der Waals surface area contributed by atoms with Crippen molar-refractivity contribution in [3.8, 4) is 11.5 Å². The van der Waals surface area contributed by atoms with Crippen molar-refractivity contribution in [2.45, 2.75) is 51.9 Å². The van der Waals surface area contributed by atoms with E-state index in [1.807, 2.05) is 6.92 Å². The van der Waals surface area contributed by atoms with E-state index < -0.39 is 19.1 Å². The number of hydrogen-bond acceptors (Lipinski definition) is 5. The van der Waals surface area contributed by atoms with Crippen LogP contribution < -0.4 is 11.1 Å². The lowest BCUT2D eigenvalue weighted by Crippen LogP contribution is -2.18. The van der Waals surface area contributed by atoms with E-state index in [4.69, 9.17) is 10.5 Å². The number of anilines is 1. The zero-order valence-electron chi connectivity index (χ0n) is 15.8. The van der Waals surface area contributed by atoms with Crippen molar-refractivity contribution < 1.29 is 14.5 Å². The van der Waals surface area contributed by atoms with E-state index in [1.54, 1.807) is 12.1 Å². The normalized spacial score (nSPS) is 11.8. The summed E-state index contributed by atoms with van der Waals surface area (Å²) in [5, 5.41) is 14.6. The number of rotatable bonds is 8. The Bertz CT molecular complexity index is 705. The van der Waals surface area contributed by atoms with Gasteiger partial charge in [0.15, 0.2) is 0 Å². The molecule has 1 aromatic rings. The number of primary amides is 1. The van der Waals surface area contributed by atoms with Crippen molar-refractivity contribution >= 4 is 25.5 Å². The molecule has 0 spiro atoms. The number of nitro benzene ring substituents is 1. The number of para-hydroxylation sites is 1. The van der Waals surface area contributed by atoms with Gasteiger partial charge >= 0.3 is 6.09 Å². The van der Waals surface area contributed by atoms with Crippen LogP contribution in [0.3, 0.4) is 0 Å². The smallest absolute Gasteiger partial charge is 0.404 e. The van der Waals surface area contributed by atoms with Crippen LogP contribution in [0, 0.1) is 21.6 Å². The van der Waals surface area contributed by atoms with Crippen molar-refractivity contribution in [1.82, 2.24) is 0 Å². The Morgan fingerprint density at radius 3 is 2.65 bits per heavy atom. The Kier molecular flexibility index (Phi) is 8.13. The molecule has 0 radical (unpaired) electrons. The summed E-state index contributed by atoms with van der Waals surface area (Å²) in [4.78, 5) is 21.5. The van der Waals surface area contributed by atoms with Crippen molar-refractivity contribution in [3.05, 3.63) is 33.9 Å². The fourth-order valence-electron chi connectivity index (χ4n) is 2.25. The summed E-state index contributed by atoms with van der Waals surface area (Å²) >= 11 is 0. The minimum Gasteiger partial charge on any atom is -0.450 e.